The lowest BCUT2D eigenvalue weighted by Crippen LogP contribution is -2.52. The van der Waals surface area contributed by atoms with E-state index in [0.717, 1.165) is 29.5 Å². The van der Waals surface area contributed by atoms with Crippen molar-refractivity contribution in [1.82, 2.24) is 20.0 Å². The summed E-state index contributed by atoms with van der Waals surface area (Å²) in [5, 5.41) is 7.22. The molecule has 9 nitrogen and oxygen atoms in total. The number of fused-ring (bicyclic) bond motifs is 1. The van der Waals surface area contributed by atoms with Crippen LogP contribution in [0, 0.1) is 11.6 Å². The molecule has 4 rings (SSSR count). The molecule has 2 aliphatic heterocycles. The number of hydrogen-bond donors (Lipinski definition) is 2. The molecular weight excluding hydrogens is 448 g/mol. The molecule has 1 aromatic heterocycles. The van der Waals surface area contributed by atoms with Crippen molar-refractivity contribution in [3.05, 3.63) is 52.9 Å². The zero-order valence-corrected chi connectivity index (χ0v) is 19.4. The zero-order valence-electron chi connectivity index (χ0n) is 19.4. The van der Waals surface area contributed by atoms with Crippen molar-refractivity contribution < 1.29 is 27.8 Å². The number of carbonyl (C=O) groups is 2. The Labute approximate surface area is 196 Å². The number of nitrogens with two attached hydrogens (primary N) is 1. The largest absolute Gasteiger partial charge is 0.444 e. The fourth-order valence-corrected chi connectivity index (χ4v) is 4.44. The lowest BCUT2D eigenvalue weighted by Gasteiger charge is -2.40. The molecule has 3 heterocycles. The fourth-order valence-electron chi connectivity index (χ4n) is 4.44. The van der Waals surface area contributed by atoms with Gasteiger partial charge in [-0.25, -0.2) is 13.6 Å². The average Bonchev–Trinajstić information content (AvgIpc) is 3.26. The van der Waals surface area contributed by atoms with Gasteiger partial charge in [-0.05, 0) is 45.4 Å². The summed E-state index contributed by atoms with van der Waals surface area (Å²) >= 11 is 0. The normalized spacial score (nSPS) is 22.9. The number of hydrogen-bond acceptors (Lipinski definition) is 6. The van der Waals surface area contributed by atoms with Gasteiger partial charge in [0.25, 0.3) is 0 Å². The number of nitrogens with one attached hydrogen (secondary N) is 1. The molecule has 3 N–H and O–H groups in total. The Balaban J connectivity index is 1.50. The second-order valence-electron chi connectivity index (χ2n) is 9.73. The van der Waals surface area contributed by atoms with Crippen LogP contribution in [0.4, 0.5) is 13.6 Å². The summed E-state index contributed by atoms with van der Waals surface area (Å²) in [5.74, 6) is -1.66. The first-order chi connectivity index (χ1) is 16.0. The highest BCUT2D eigenvalue weighted by molar-refractivity contribution is 5.73. The third-order valence-corrected chi connectivity index (χ3v) is 5.81. The minimum Gasteiger partial charge on any atom is -0.444 e. The number of carbonyl (C=O) groups excluding carboxylic acids is 2. The van der Waals surface area contributed by atoms with E-state index in [1.807, 2.05) is 0 Å². The molecule has 0 spiro atoms. The Hall–Kier alpha value is -3.05. The number of halogens is 2. The van der Waals surface area contributed by atoms with Crippen molar-refractivity contribution >= 4 is 12.0 Å². The summed E-state index contributed by atoms with van der Waals surface area (Å²) < 4.78 is 41.4. The molecule has 0 unspecified atom stereocenters. The molecule has 0 aliphatic carbocycles. The van der Waals surface area contributed by atoms with Crippen LogP contribution in [-0.2, 0) is 33.9 Å². The van der Waals surface area contributed by atoms with E-state index >= 15 is 0 Å². The van der Waals surface area contributed by atoms with Crippen LogP contribution in [0.5, 0.6) is 0 Å². The van der Waals surface area contributed by atoms with E-state index in [1.54, 1.807) is 27.0 Å². The minimum atomic E-state index is -0.871. The highest BCUT2D eigenvalue weighted by Crippen LogP contribution is 2.35. The molecule has 2 aromatic rings. The molecule has 1 saturated heterocycles. The predicted octanol–water partition coefficient (Wildman–Crippen LogP) is 2.39. The second-order valence-corrected chi connectivity index (χ2v) is 9.73. The van der Waals surface area contributed by atoms with E-state index in [1.165, 1.54) is 4.68 Å². The number of rotatable bonds is 5. The van der Waals surface area contributed by atoms with Crippen molar-refractivity contribution in [3.8, 4) is 0 Å². The van der Waals surface area contributed by atoms with Gasteiger partial charge >= 0.3 is 6.09 Å². The fraction of sp³-hybridized carbons (Fsp3) is 0.522. The van der Waals surface area contributed by atoms with Crippen molar-refractivity contribution in [2.75, 3.05) is 6.61 Å². The first kappa shape index (κ1) is 24.1. The zero-order chi connectivity index (χ0) is 24.6. The molecule has 184 valence electrons. The van der Waals surface area contributed by atoms with E-state index in [4.69, 9.17) is 15.2 Å². The molecule has 1 fully saturated rings. The molecule has 0 saturated carbocycles. The standard InChI is InChI=1S/C23H29F2N5O4/c1-23(2,3)34-22(32)27-18-7-15(12-33-21(18)16-6-14(24)4-5-17(16)25)29-8-13-9-30(11-20(26)31)28-19(13)10-29/h4-6,9,15,18,21H,7-8,10-12H2,1-3H3,(H2,26,31)(H,27,32)/t15-,18+,21-/m1/s1. The first-order valence-corrected chi connectivity index (χ1v) is 11.1. The highest BCUT2D eigenvalue weighted by Gasteiger charge is 2.40. The van der Waals surface area contributed by atoms with Crippen LogP contribution in [-0.4, -0.2) is 51.0 Å². The minimum absolute atomic E-state index is 0.0162. The number of amides is 2. The monoisotopic (exact) mass is 477 g/mol. The maximum atomic E-state index is 14.6. The first-order valence-electron chi connectivity index (χ1n) is 11.1. The van der Waals surface area contributed by atoms with Gasteiger partial charge in [0.1, 0.15) is 29.9 Å². The van der Waals surface area contributed by atoms with Gasteiger partial charge in [-0.3, -0.25) is 14.4 Å². The van der Waals surface area contributed by atoms with Gasteiger partial charge in [0.15, 0.2) is 0 Å². The average molecular weight is 478 g/mol. The van der Waals surface area contributed by atoms with Crippen LogP contribution >= 0.6 is 0 Å². The van der Waals surface area contributed by atoms with E-state index < -0.39 is 41.4 Å². The van der Waals surface area contributed by atoms with Crippen LogP contribution < -0.4 is 11.1 Å². The molecule has 2 aliphatic rings. The maximum Gasteiger partial charge on any atom is 0.407 e. The second kappa shape index (κ2) is 9.30. The van der Waals surface area contributed by atoms with Crippen LogP contribution in [0.15, 0.2) is 24.4 Å². The number of ether oxygens (including phenoxy) is 2. The van der Waals surface area contributed by atoms with Gasteiger partial charge in [-0.1, -0.05) is 0 Å². The Kier molecular flexibility index (Phi) is 6.59. The molecule has 34 heavy (non-hydrogen) atoms. The molecule has 2 amide bonds. The van der Waals surface area contributed by atoms with E-state index in [0.29, 0.717) is 19.5 Å². The topological polar surface area (TPSA) is 112 Å². The lowest BCUT2D eigenvalue weighted by atomic mass is 9.92. The van der Waals surface area contributed by atoms with E-state index in [-0.39, 0.29) is 24.8 Å². The smallest absolute Gasteiger partial charge is 0.407 e. The van der Waals surface area contributed by atoms with Crippen LogP contribution in [0.2, 0.25) is 0 Å². The molecule has 11 heteroatoms. The lowest BCUT2D eigenvalue weighted by molar-refractivity contribution is -0.118. The van der Waals surface area contributed by atoms with Crippen molar-refractivity contribution in [2.45, 2.75) is 70.6 Å². The van der Waals surface area contributed by atoms with Crippen LogP contribution in [0.25, 0.3) is 0 Å². The molecule has 0 radical (unpaired) electrons. The SMILES string of the molecule is CC(C)(C)OC(=O)N[C@H]1C[C@@H](N2Cc3cn(CC(N)=O)nc3C2)CO[C@@H]1c1cc(F)ccc1F. The third kappa shape index (κ3) is 5.53. The van der Waals surface area contributed by atoms with Gasteiger partial charge in [-0.15, -0.1) is 0 Å². The van der Waals surface area contributed by atoms with Crippen molar-refractivity contribution in [1.29, 1.82) is 0 Å². The van der Waals surface area contributed by atoms with Gasteiger partial charge < -0.3 is 20.5 Å². The van der Waals surface area contributed by atoms with Gasteiger partial charge in [0.05, 0.1) is 18.3 Å². The van der Waals surface area contributed by atoms with Gasteiger partial charge in [0, 0.05) is 36.5 Å². The molecule has 0 bridgehead atoms. The van der Waals surface area contributed by atoms with Gasteiger partial charge in [0.2, 0.25) is 5.91 Å². The predicted molar refractivity (Wildman–Crippen MR) is 117 cm³/mol. The van der Waals surface area contributed by atoms with E-state index in [9.17, 15) is 18.4 Å². The number of nitrogens with zero attached hydrogens (tertiary/aromatic N) is 3. The van der Waals surface area contributed by atoms with Crippen molar-refractivity contribution in [3.63, 3.8) is 0 Å². The summed E-state index contributed by atoms with van der Waals surface area (Å²) in [6, 6.07) is 2.44. The Bertz CT molecular complexity index is 1060. The number of aromatic nitrogens is 2. The summed E-state index contributed by atoms with van der Waals surface area (Å²) in [6.45, 7) is 6.63. The Morgan fingerprint density at radius 2 is 2.06 bits per heavy atom. The van der Waals surface area contributed by atoms with Gasteiger partial charge in [-0.2, -0.15) is 5.10 Å². The Morgan fingerprint density at radius 3 is 2.74 bits per heavy atom. The molecule has 1 aromatic carbocycles. The maximum absolute atomic E-state index is 14.6. The quantitative estimate of drug-likeness (QED) is 0.684. The summed E-state index contributed by atoms with van der Waals surface area (Å²) in [4.78, 5) is 25.8. The third-order valence-electron chi connectivity index (χ3n) is 5.81. The number of primary amides is 1. The summed E-state index contributed by atoms with van der Waals surface area (Å²) in [6.07, 6.45) is 0.705. The van der Waals surface area contributed by atoms with E-state index in [2.05, 4.69) is 15.3 Å². The summed E-state index contributed by atoms with van der Waals surface area (Å²) in [5.41, 5.74) is 6.40. The molecular formula is C23H29F2N5O4. The number of benzene rings is 1. The van der Waals surface area contributed by atoms with Crippen LogP contribution in [0.1, 0.15) is 50.1 Å². The highest BCUT2D eigenvalue weighted by atomic mass is 19.1. The Morgan fingerprint density at radius 1 is 1.29 bits per heavy atom. The van der Waals surface area contributed by atoms with Crippen LogP contribution in [0.3, 0.4) is 0 Å². The number of alkyl carbamates (subject to hydrolysis) is 1. The summed E-state index contributed by atoms with van der Waals surface area (Å²) in [7, 11) is 0. The van der Waals surface area contributed by atoms with Crippen molar-refractivity contribution in [2.24, 2.45) is 5.73 Å². The molecule has 3 atom stereocenters.